The first-order chi connectivity index (χ1) is 34.2. The van der Waals surface area contributed by atoms with Crippen molar-refractivity contribution in [2.45, 2.75) is 96.3 Å². The van der Waals surface area contributed by atoms with Gasteiger partial charge in [0.1, 0.15) is 24.2 Å². The number of hydrogen-bond donors (Lipinski definition) is 13. The third kappa shape index (κ3) is 23.9. The van der Waals surface area contributed by atoms with E-state index in [-0.39, 0.29) is 37.7 Å². The maximum absolute atomic E-state index is 13.7. The van der Waals surface area contributed by atoms with Crippen LogP contribution in [-0.4, -0.2) is 145 Å². The first-order valence-electron chi connectivity index (χ1n) is 23.5. The summed E-state index contributed by atoms with van der Waals surface area (Å²) < 4.78 is 0. The molecule has 4 rings (SSSR count). The second kappa shape index (κ2) is 32.5. The second-order valence-corrected chi connectivity index (χ2v) is 16.6. The Morgan fingerprint density at radius 3 is 1.94 bits per heavy atom. The third-order valence-electron chi connectivity index (χ3n) is 10.3. The minimum atomic E-state index is -1.44. The van der Waals surface area contributed by atoms with E-state index in [9.17, 15) is 43.2 Å². The largest absolute Gasteiger partial charge is 0.370 e. The summed E-state index contributed by atoms with van der Waals surface area (Å²) in [5, 5.41) is 18.6. The molecule has 0 saturated carbocycles. The van der Waals surface area contributed by atoms with Gasteiger partial charge < -0.3 is 75.8 Å². The summed E-state index contributed by atoms with van der Waals surface area (Å²) >= 11 is 0. The quantitative estimate of drug-likeness (QED) is 0.0642. The number of nitrogens with zero attached hydrogens (tertiary/aromatic N) is 3. The molecular weight excluding hydrogens is 933 g/mol. The highest BCUT2D eigenvalue weighted by Crippen LogP contribution is 2.19. The molecule has 394 valence electrons. The summed E-state index contributed by atoms with van der Waals surface area (Å²) in [5.74, 6) is -6.08. The Morgan fingerprint density at radius 1 is 0.736 bits per heavy atom. The van der Waals surface area contributed by atoms with Crippen molar-refractivity contribution in [3.05, 3.63) is 71.9 Å². The Labute approximate surface area is 418 Å². The predicted molar refractivity (Wildman–Crippen MR) is 272 cm³/mol. The standard InChI is InChI=1S/C39H50N10O9.2C4H11N3/c1-23(50)42-20-33(52)47-31-18-32(51)41-15-9-8-14-28(36(40)55)48-38(57)30(17-25-19-43-27-13-7-6-12-26(25)27)45-34(53)21-44-37(56)29(16-24-10-4-3-5-11-24)46-35(54)22-49(2)39(31)58;2*1-2-3-7-4(5)6/h3-7,10-13,19,28-31,43H,8-9,14-18,20-22H2,1-2H3,(H2,40,55)(H,41,51)(H,42,50)(H,44,56)(H,45,53)(H,46,54)(H,47,52)(H,48,57);2*2-3H2,1H3,(H4,5,6,7)/t28?,29?,30-,31?;;/m0../s1. The van der Waals surface area contributed by atoms with Gasteiger partial charge >= 0.3 is 0 Å². The molecule has 72 heavy (non-hydrogen) atoms. The zero-order chi connectivity index (χ0) is 53.6. The fraction of sp³-hybridized carbons (Fsp3) is 0.468. The third-order valence-corrected chi connectivity index (χ3v) is 10.3. The van der Waals surface area contributed by atoms with Crippen LogP contribution in [0.15, 0.2) is 70.8 Å². The van der Waals surface area contributed by atoms with E-state index in [4.69, 9.17) is 28.7 Å². The lowest BCUT2D eigenvalue weighted by Crippen LogP contribution is -2.56. The van der Waals surface area contributed by atoms with Gasteiger partial charge in [0, 0.05) is 63.5 Å². The van der Waals surface area contributed by atoms with Gasteiger partial charge in [0.05, 0.1) is 26.1 Å². The van der Waals surface area contributed by atoms with Gasteiger partial charge in [0.2, 0.25) is 53.2 Å². The Kier molecular flexibility index (Phi) is 27.1. The Morgan fingerprint density at radius 2 is 1.35 bits per heavy atom. The van der Waals surface area contributed by atoms with Crippen LogP contribution in [0.3, 0.4) is 0 Å². The van der Waals surface area contributed by atoms with E-state index in [2.05, 4.69) is 52.2 Å². The van der Waals surface area contributed by atoms with Gasteiger partial charge in [0.25, 0.3) is 0 Å². The van der Waals surface area contributed by atoms with Gasteiger partial charge in [-0.25, -0.2) is 0 Å². The van der Waals surface area contributed by atoms with E-state index in [1.807, 2.05) is 38.1 Å². The first kappa shape index (κ1) is 59.9. The molecule has 3 aromatic rings. The van der Waals surface area contributed by atoms with Crippen molar-refractivity contribution in [3.8, 4) is 0 Å². The zero-order valence-electron chi connectivity index (χ0n) is 41.4. The van der Waals surface area contributed by atoms with E-state index in [0.29, 0.717) is 24.0 Å². The van der Waals surface area contributed by atoms with Gasteiger partial charge in [-0.1, -0.05) is 62.4 Å². The molecule has 2 heterocycles. The molecule has 25 heteroatoms. The number of nitrogens with one attached hydrogen (secondary N) is 8. The molecule has 18 N–H and O–H groups in total. The SMILES string of the molecule is CC(=O)NCC(=O)NC1CC(=O)NCCCCC(C(N)=O)NC(=O)[C@H](Cc2c[nH]c3ccccc23)NC(=O)CNC(=O)C(Cc2ccccc2)NC(=O)CN(C)C1=O.CCCN=C(N)N.CCCN=C(N)N. The molecule has 3 unspecified atom stereocenters. The maximum atomic E-state index is 13.7. The van der Waals surface area contributed by atoms with Crippen molar-refractivity contribution < 1.29 is 43.2 Å². The Hall–Kier alpha value is -8.25. The number of para-hydroxylation sites is 1. The lowest BCUT2D eigenvalue weighted by molar-refractivity contribution is -0.140. The summed E-state index contributed by atoms with van der Waals surface area (Å²) in [6.45, 7) is 5.18. The molecule has 1 aliphatic rings. The van der Waals surface area contributed by atoms with E-state index in [1.165, 1.54) is 14.0 Å². The van der Waals surface area contributed by atoms with Gasteiger partial charge in [0.15, 0.2) is 11.9 Å². The van der Waals surface area contributed by atoms with Crippen molar-refractivity contribution in [1.82, 2.24) is 47.1 Å². The number of aromatic amines is 1. The van der Waals surface area contributed by atoms with Gasteiger partial charge in [-0.05, 0) is 49.3 Å². The summed E-state index contributed by atoms with van der Waals surface area (Å²) in [6.07, 6.45) is 3.94. The maximum Gasteiger partial charge on any atom is 0.245 e. The predicted octanol–water partition coefficient (Wildman–Crippen LogP) is -2.88. The van der Waals surface area contributed by atoms with Crippen molar-refractivity contribution in [2.75, 3.05) is 46.3 Å². The van der Waals surface area contributed by atoms with Crippen LogP contribution in [-0.2, 0) is 56.0 Å². The summed E-state index contributed by atoms with van der Waals surface area (Å²) in [5.41, 5.74) is 27.8. The minimum Gasteiger partial charge on any atom is -0.370 e. The highest BCUT2D eigenvalue weighted by molar-refractivity contribution is 5.97. The normalized spacial score (nSPS) is 18.6. The summed E-state index contributed by atoms with van der Waals surface area (Å²) in [4.78, 5) is 128. The number of nitrogens with two attached hydrogens (primary N) is 5. The molecule has 1 fully saturated rings. The number of aliphatic imine (C=N–C) groups is 2. The number of guanidine groups is 2. The number of amides is 9. The molecule has 0 spiro atoms. The zero-order valence-corrected chi connectivity index (χ0v) is 41.4. The lowest BCUT2D eigenvalue weighted by Gasteiger charge is -2.25. The smallest absolute Gasteiger partial charge is 0.245 e. The van der Waals surface area contributed by atoms with E-state index >= 15 is 0 Å². The highest BCUT2D eigenvalue weighted by Gasteiger charge is 2.31. The molecule has 1 aromatic heterocycles. The summed E-state index contributed by atoms with van der Waals surface area (Å²) in [7, 11) is 1.28. The molecule has 0 aliphatic carbocycles. The van der Waals surface area contributed by atoms with Crippen molar-refractivity contribution >= 4 is 76.0 Å². The number of H-pyrrole nitrogens is 1. The average Bonchev–Trinajstić information content (AvgIpc) is 3.74. The van der Waals surface area contributed by atoms with Crippen LogP contribution in [0.2, 0.25) is 0 Å². The number of aromatic nitrogens is 1. The van der Waals surface area contributed by atoms with Crippen molar-refractivity contribution in [3.63, 3.8) is 0 Å². The lowest BCUT2D eigenvalue weighted by atomic mass is 10.0. The number of likely N-dealkylation sites (N-methyl/N-ethyl adjacent to an activating group) is 1. The van der Waals surface area contributed by atoms with Crippen LogP contribution < -0.4 is 65.9 Å². The van der Waals surface area contributed by atoms with Crippen LogP contribution >= 0.6 is 0 Å². The van der Waals surface area contributed by atoms with Crippen LogP contribution in [0, 0.1) is 0 Å². The number of carbonyl (C=O) groups excluding carboxylic acids is 9. The molecular formula is C47H72N16O9. The van der Waals surface area contributed by atoms with E-state index < -0.39 is 103 Å². The molecule has 9 amide bonds. The fourth-order valence-electron chi connectivity index (χ4n) is 6.77. The number of carbonyl (C=O) groups is 9. The van der Waals surface area contributed by atoms with Gasteiger partial charge in [-0.15, -0.1) is 0 Å². The molecule has 1 saturated heterocycles. The highest BCUT2D eigenvalue weighted by atomic mass is 16.2. The second-order valence-electron chi connectivity index (χ2n) is 16.6. The van der Waals surface area contributed by atoms with Crippen LogP contribution in [0.1, 0.15) is 70.4 Å². The number of primary amides is 1. The van der Waals surface area contributed by atoms with Gasteiger partial charge in [-0.2, -0.15) is 0 Å². The average molecular weight is 1010 g/mol. The number of benzene rings is 2. The number of hydrogen-bond acceptors (Lipinski definition) is 11. The van der Waals surface area contributed by atoms with Crippen LogP contribution in [0.4, 0.5) is 0 Å². The van der Waals surface area contributed by atoms with Crippen LogP contribution in [0.5, 0.6) is 0 Å². The molecule has 4 atom stereocenters. The number of fused-ring (bicyclic) bond motifs is 1. The molecule has 1 aliphatic heterocycles. The fourth-order valence-corrected chi connectivity index (χ4v) is 6.77. The van der Waals surface area contributed by atoms with E-state index in [0.717, 1.165) is 41.7 Å². The van der Waals surface area contributed by atoms with Crippen LogP contribution in [0.25, 0.3) is 10.9 Å². The number of rotatable bonds is 12. The van der Waals surface area contributed by atoms with E-state index in [1.54, 1.807) is 36.5 Å². The monoisotopic (exact) mass is 1000 g/mol. The van der Waals surface area contributed by atoms with Crippen molar-refractivity contribution in [2.24, 2.45) is 38.7 Å². The topological polar surface area (TPSA) is 412 Å². The molecule has 2 aromatic carbocycles. The first-order valence-corrected chi connectivity index (χ1v) is 23.5. The van der Waals surface area contributed by atoms with Crippen molar-refractivity contribution in [1.29, 1.82) is 0 Å². The molecule has 0 bridgehead atoms. The molecule has 0 radical (unpaired) electrons. The minimum absolute atomic E-state index is 0.000202. The van der Waals surface area contributed by atoms with Gasteiger partial charge in [-0.3, -0.25) is 53.1 Å². The Bertz CT molecular complexity index is 2310. The molecule has 25 nitrogen and oxygen atoms in total. The summed E-state index contributed by atoms with van der Waals surface area (Å²) in [6, 6.07) is 11.1. The Balaban J connectivity index is 0.00000111.